The zero-order valence-corrected chi connectivity index (χ0v) is 10.5. The van der Waals surface area contributed by atoms with E-state index in [0.29, 0.717) is 6.42 Å². The highest BCUT2D eigenvalue weighted by atomic mass is 16.6. The van der Waals surface area contributed by atoms with Crippen molar-refractivity contribution >= 4 is 17.0 Å². The Bertz CT molecular complexity index is 526. The lowest BCUT2D eigenvalue weighted by Crippen LogP contribution is -2.21. The number of hydrogen-bond acceptors (Lipinski definition) is 3. The van der Waals surface area contributed by atoms with Crippen molar-refractivity contribution in [1.82, 2.24) is 0 Å². The van der Waals surface area contributed by atoms with Gasteiger partial charge in [-0.25, -0.2) is 0 Å². The summed E-state index contributed by atoms with van der Waals surface area (Å²) in [6, 6.07) is 6.36. The van der Waals surface area contributed by atoms with Crippen LogP contribution in [0.4, 0.5) is 5.69 Å². The molecule has 4 nitrogen and oxygen atoms in total. The summed E-state index contributed by atoms with van der Waals surface area (Å²) in [6.07, 6.45) is 3.03. The van der Waals surface area contributed by atoms with Crippen LogP contribution in [0.25, 0.3) is 5.57 Å². The van der Waals surface area contributed by atoms with Gasteiger partial charge in [-0.15, -0.1) is 0 Å². The Labute approximate surface area is 105 Å². The van der Waals surface area contributed by atoms with Gasteiger partial charge in [0.2, 0.25) is 0 Å². The number of nitro benzene ring substituents is 1. The van der Waals surface area contributed by atoms with Crippen LogP contribution in [-0.2, 0) is 4.79 Å². The summed E-state index contributed by atoms with van der Waals surface area (Å²) >= 11 is 0. The highest BCUT2D eigenvalue weighted by Crippen LogP contribution is 2.38. The average Bonchev–Trinajstić information content (AvgIpc) is 2.26. The SMILES string of the molecule is CC1(C)CC(=O)C=C(c2ccc([N+](=O)[O-])cc2)C1. The van der Waals surface area contributed by atoms with Gasteiger partial charge in [0.05, 0.1) is 4.92 Å². The van der Waals surface area contributed by atoms with E-state index in [1.165, 1.54) is 12.1 Å². The van der Waals surface area contributed by atoms with Crippen molar-refractivity contribution in [2.24, 2.45) is 5.41 Å². The molecule has 0 atom stereocenters. The summed E-state index contributed by atoms with van der Waals surface area (Å²) in [7, 11) is 0. The molecule has 0 heterocycles. The van der Waals surface area contributed by atoms with Gasteiger partial charge >= 0.3 is 0 Å². The molecule has 18 heavy (non-hydrogen) atoms. The lowest BCUT2D eigenvalue weighted by Gasteiger charge is -2.28. The summed E-state index contributed by atoms with van der Waals surface area (Å²) in [4.78, 5) is 21.8. The van der Waals surface area contributed by atoms with Crippen LogP contribution in [0.1, 0.15) is 32.3 Å². The highest BCUT2D eigenvalue weighted by molar-refractivity contribution is 5.99. The molecular formula is C14H15NO3. The fraction of sp³-hybridized carbons (Fsp3) is 0.357. The van der Waals surface area contributed by atoms with Crippen LogP contribution in [0.5, 0.6) is 0 Å². The van der Waals surface area contributed by atoms with Gasteiger partial charge in [-0.1, -0.05) is 13.8 Å². The summed E-state index contributed by atoms with van der Waals surface area (Å²) in [5.74, 6) is 0.125. The standard InChI is InChI=1S/C14H15NO3/c1-14(2)8-11(7-13(16)9-14)10-3-5-12(6-4-10)15(17)18/h3-7H,8-9H2,1-2H3. The van der Waals surface area contributed by atoms with E-state index in [2.05, 4.69) is 13.8 Å². The molecule has 2 rings (SSSR count). The predicted octanol–water partition coefficient (Wildman–Crippen LogP) is 3.37. The molecule has 1 aliphatic carbocycles. The minimum atomic E-state index is -0.422. The molecule has 0 saturated heterocycles. The monoisotopic (exact) mass is 245 g/mol. The fourth-order valence-electron chi connectivity index (χ4n) is 2.33. The minimum absolute atomic E-state index is 0.0387. The van der Waals surface area contributed by atoms with Crippen molar-refractivity contribution in [3.8, 4) is 0 Å². The quantitative estimate of drug-likeness (QED) is 0.592. The number of carbonyl (C=O) groups is 1. The number of hydrogen-bond donors (Lipinski definition) is 0. The molecule has 0 radical (unpaired) electrons. The second kappa shape index (κ2) is 4.37. The molecule has 0 unspecified atom stereocenters. The van der Waals surface area contributed by atoms with E-state index in [1.54, 1.807) is 18.2 Å². The van der Waals surface area contributed by atoms with Gasteiger partial charge in [0.1, 0.15) is 0 Å². The van der Waals surface area contributed by atoms with E-state index in [9.17, 15) is 14.9 Å². The second-order valence-electron chi connectivity index (χ2n) is 5.46. The Morgan fingerprint density at radius 2 is 1.78 bits per heavy atom. The number of nitro groups is 1. The van der Waals surface area contributed by atoms with Crippen molar-refractivity contribution in [3.63, 3.8) is 0 Å². The zero-order chi connectivity index (χ0) is 13.3. The van der Waals surface area contributed by atoms with Crippen LogP contribution in [-0.4, -0.2) is 10.7 Å². The average molecular weight is 245 g/mol. The van der Waals surface area contributed by atoms with Crippen LogP contribution >= 0.6 is 0 Å². The van der Waals surface area contributed by atoms with E-state index < -0.39 is 4.92 Å². The maximum Gasteiger partial charge on any atom is 0.269 e. The fourth-order valence-corrected chi connectivity index (χ4v) is 2.33. The molecule has 0 N–H and O–H groups in total. The van der Waals surface area contributed by atoms with Crippen molar-refractivity contribution in [2.45, 2.75) is 26.7 Å². The first-order valence-corrected chi connectivity index (χ1v) is 5.86. The number of benzene rings is 1. The number of non-ortho nitro benzene ring substituents is 1. The molecule has 1 aromatic carbocycles. The predicted molar refractivity (Wildman–Crippen MR) is 69.1 cm³/mol. The first-order valence-electron chi connectivity index (χ1n) is 5.86. The van der Waals surface area contributed by atoms with Gasteiger partial charge in [-0.05, 0) is 41.2 Å². The number of allylic oxidation sites excluding steroid dienone is 2. The van der Waals surface area contributed by atoms with Gasteiger partial charge in [0, 0.05) is 18.6 Å². The van der Waals surface area contributed by atoms with Gasteiger partial charge in [-0.2, -0.15) is 0 Å². The lowest BCUT2D eigenvalue weighted by molar-refractivity contribution is -0.384. The third-order valence-electron chi connectivity index (χ3n) is 3.11. The first kappa shape index (κ1) is 12.5. The van der Waals surface area contributed by atoms with E-state index in [-0.39, 0.29) is 16.9 Å². The normalized spacial score (nSPS) is 18.3. The largest absolute Gasteiger partial charge is 0.295 e. The van der Waals surface area contributed by atoms with Crippen LogP contribution in [0.2, 0.25) is 0 Å². The number of rotatable bonds is 2. The Balaban J connectivity index is 2.31. The topological polar surface area (TPSA) is 60.2 Å². The summed E-state index contributed by atoms with van der Waals surface area (Å²) in [5.41, 5.74) is 1.89. The molecule has 0 spiro atoms. The lowest BCUT2D eigenvalue weighted by atomic mass is 9.75. The maximum atomic E-state index is 11.7. The van der Waals surface area contributed by atoms with Gasteiger partial charge in [-0.3, -0.25) is 14.9 Å². The van der Waals surface area contributed by atoms with Gasteiger partial charge in [0.25, 0.3) is 5.69 Å². The minimum Gasteiger partial charge on any atom is -0.295 e. The molecule has 1 aliphatic rings. The smallest absolute Gasteiger partial charge is 0.269 e. The van der Waals surface area contributed by atoms with E-state index in [1.807, 2.05) is 0 Å². The Morgan fingerprint density at radius 1 is 1.17 bits per heavy atom. The molecule has 0 aromatic heterocycles. The molecule has 4 heteroatoms. The molecule has 0 amide bonds. The second-order valence-corrected chi connectivity index (χ2v) is 5.46. The first-order chi connectivity index (χ1) is 8.37. The Hall–Kier alpha value is -1.97. The van der Waals surface area contributed by atoms with Gasteiger partial charge in [0.15, 0.2) is 5.78 Å². The van der Waals surface area contributed by atoms with Crippen molar-refractivity contribution < 1.29 is 9.72 Å². The molecule has 0 saturated carbocycles. The molecule has 0 aliphatic heterocycles. The zero-order valence-electron chi connectivity index (χ0n) is 10.5. The van der Waals surface area contributed by atoms with Crippen molar-refractivity contribution in [3.05, 3.63) is 46.0 Å². The molecule has 94 valence electrons. The molecule has 0 fully saturated rings. The highest BCUT2D eigenvalue weighted by Gasteiger charge is 2.27. The summed E-state index contributed by atoms with van der Waals surface area (Å²) < 4.78 is 0. The van der Waals surface area contributed by atoms with Gasteiger partial charge < -0.3 is 0 Å². The van der Waals surface area contributed by atoms with E-state index in [4.69, 9.17) is 0 Å². The Kier molecular flexibility index (Phi) is 3.03. The van der Waals surface area contributed by atoms with E-state index in [0.717, 1.165) is 17.6 Å². The van der Waals surface area contributed by atoms with Crippen LogP contribution < -0.4 is 0 Å². The Morgan fingerprint density at radius 3 is 2.28 bits per heavy atom. The maximum absolute atomic E-state index is 11.7. The summed E-state index contributed by atoms with van der Waals surface area (Å²) in [5, 5.41) is 10.6. The number of carbonyl (C=O) groups excluding carboxylic acids is 1. The molecular weight excluding hydrogens is 230 g/mol. The van der Waals surface area contributed by atoms with Crippen molar-refractivity contribution in [1.29, 1.82) is 0 Å². The van der Waals surface area contributed by atoms with Crippen LogP contribution in [0, 0.1) is 15.5 Å². The van der Waals surface area contributed by atoms with E-state index >= 15 is 0 Å². The third-order valence-corrected chi connectivity index (χ3v) is 3.11. The van der Waals surface area contributed by atoms with Crippen molar-refractivity contribution in [2.75, 3.05) is 0 Å². The summed E-state index contributed by atoms with van der Waals surface area (Å²) in [6.45, 7) is 4.12. The number of ketones is 1. The molecule has 0 bridgehead atoms. The third kappa shape index (κ3) is 2.64. The van der Waals surface area contributed by atoms with Crippen LogP contribution in [0.15, 0.2) is 30.3 Å². The number of nitrogens with zero attached hydrogens (tertiary/aromatic N) is 1. The molecule has 1 aromatic rings. The van der Waals surface area contributed by atoms with Crippen LogP contribution in [0.3, 0.4) is 0 Å².